The second kappa shape index (κ2) is 7.40. The summed E-state index contributed by atoms with van der Waals surface area (Å²) in [6.07, 6.45) is 3.90. The van der Waals surface area contributed by atoms with Gasteiger partial charge in [-0.15, -0.1) is 0 Å². The van der Waals surface area contributed by atoms with E-state index in [4.69, 9.17) is 5.11 Å². The molecule has 0 aromatic carbocycles. The zero-order valence-corrected chi connectivity index (χ0v) is 11.2. The van der Waals surface area contributed by atoms with Gasteiger partial charge in [0.2, 0.25) is 0 Å². The highest BCUT2D eigenvalue weighted by atomic mass is 16.4. The van der Waals surface area contributed by atoms with Crippen molar-refractivity contribution in [3.05, 3.63) is 18.2 Å². The van der Waals surface area contributed by atoms with Crippen LogP contribution in [-0.2, 0) is 11.2 Å². The van der Waals surface area contributed by atoms with Crippen LogP contribution in [-0.4, -0.2) is 51.6 Å². The number of imidazole rings is 1. The lowest BCUT2D eigenvalue weighted by Gasteiger charge is -2.23. The highest BCUT2D eigenvalue weighted by molar-refractivity contribution is 5.80. The van der Waals surface area contributed by atoms with E-state index in [1.807, 2.05) is 13.8 Å². The second-order valence-electron chi connectivity index (χ2n) is 4.73. The van der Waals surface area contributed by atoms with E-state index in [0.29, 0.717) is 19.5 Å². The predicted molar refractivity (Wildman–Crippen MR) is 69.7 cm³/mol. The Labute approximate surface area is 112 Å². The van der Waals surface area contributed by atoms with E-state index in [2.05, 4.69) is 15.3 Å². The van der Waals surface area contributed by atoms with Gasteiger partial charge in [-0.1, -0.05) is 13.8 Å². The van der Waals surface area contributed by atoms with Crippen molar-refractivity contribution in [1.29, 1.82) is 0 Å². The van der Waals surface area contributed by atoms with Crippen molar-refractivity contribution < 1.29 is 14.7 Å². The number of urea groups is 1. The van der Waals surface area contributed by atoms with Crippen LogP contribution in [0.2, 0.25) is 0 Å². The molecule has 0 radical (unpaired) electrons. The van der Waals surface area contributed by atoms with Gasteiger partial charge in [-0.05, 0) is 5.92 Å². The molecule has 0 saturated carbocycles. The molecule has 0 fully saturated rings. The Morgan fingerprint density at radius 2 is 2.26 bits per heavy atom. The summed E-state index contributed by atoms with van der Waals surface area (Å²) >= 11 is 0. The van der Waals surface area contributed by atoms with Crippen LogP contribution in [0, 0.1) is 5.92 Å². The van der Waals surface area contributed by atoms with E-state index in [9.17, 15) is 9.59 Å². The lowest BCUT2D eigenvalue weighted by Crippen LogP contribution is -2.45. The zero-order valence-electron chi connectivity index (χ0n) is 11.2. The Balaban J connectivity index is 2.40. The summed E-state index contributed by atoms with van der Waals surface area (Å²) < 4.78 is 0. The SMILES string of the molecule is CC(C)CN(CC(=O)O)C(=O)NCCc1cnc[nH]1. The summed E-state index contributed by atoms with van der Waals surface area (Å²) in [5.41, 5.74) is 0.925. The number of aromatic amines is 1. The summed E-state index contributed by atoms with van der Waals surface area (Å²) in [5.74, 6) is -0.790. The maximum absolute atomic E-state index is 11.9. The number of nitrogens with one attached hydrogen (secondary N) is 2. The third-order valence-electron chi connectivity index (χ3n) is 2.42. The lowest BCUT2D eigenvalue weighted by molar-refractivity contribution is -0.137. The molecule has 1 heterocycles. The summed E-state index contributed by atoms with van der Waals surface area (Å²) in [5, 5.41) is 11.5. The van der Waals surface area contributed by atoms with Crippen LogP contribution in [0.25, 0.3) is 0 Å². The molecular weight excluding hydrogens is 248 g/mol. The van der Waals surface area contributed by atoms with Crippen LogP contribution >= 0.6 is 0 Å². The molecular formula is C12H20N4O3. The number of H-pyrrole nitrogens is 1. The third kappa shape index (κ3) is 5.89. The maximum atomic E-state index is 11.9. The predicted octanol–water partition coefficient (Wildman–Crippen LogP) is 0.704. The Hall–Kier alpha value is -2.05. The van der Waals surface area contributed by atoms with Gasteiger partial charge in [0, 0.05) is 31.4 Å². The molecule has 0 saturated heterocycles. The quantitative estimate of drug-likeness (QED) is 0.678. The smallest absolute Gasteiger partial charge is 0.323 e. The molecule has 1 aromatic heterocycles. The number of carbonyl (C=O) groups is 2. The molecule has 1 rings (SSSR count). The number of aromatic nitrogens is 2. The van der Waals surface area contributed by atoms with Crippen LogP contribution in [0.1, 0.15) is 19.5 Å². The van der Waals surface area contributed by atoms with Crippen molar-refractivity contribution >= 4 is 12.0 Å². The maximum Gasteiger partial charge on any atom is 0.323 e. The molecule has 19 heavy (non-hydrogen) atoms. The highest BCUT2D eigenvalue weighted by Gasteiger charge is 2.17. The molecule has 3 N–H and O–H groups in total. The van der Waals surface area contributed by atoms with Crippen LogP contribution in [0.5, 0.6) is 0 Å². The van der Waals surface area contributed by atoms with Crippen LogP contribution in [0.15, 0.2) is 12.5 Å². The monoisotopic (exact) mass is 268 g/mol. The highest BCUT2D eigenvalue weighted by Crippen LogP contribution is 1.99. The molecule has 0 bridgehead atoms. The first kappa shape index (κ1) is 15.0. The van der Waals surface area contributed by atoms with Crippen molar-refractivity contribution in [2.24, 2.45) is 5.92 Å². The Kier molecular flexibility index (Phi) is 5.84. The molecule has 0 aliphatic rings. The molecule has 0 unspecified atom stereocenters. The zero-order chi connectivity index (χ0) is 14.3. The van der Waals surface area contributed by atoms with Crippen molar-refractivity contribution in [1.82, 2.24) is 20.2 Å². The number of amides is 2. The fraction of sp³-hybridized carbons (Fsp3) is 0.583. The molecule has 0 aliphatic carbocycles. The molecule has 0 aliphatic heterocycles. The van der Waals surface area contributed by atoms with Crippen molar-refractivity contribution in [2.75, 3.05) is 19.6 Å². The second-order valence-corrected chi connectivity index (χ2v) is 4.73. The Morgan fingerprint density at radius 3 is 2.79 bits per heavy atom. The van der Waals surface area contributed by atoms with Gasteiger partial charge in [-0.25, -0.2) is 9.78 Å². The summed E-state index contributed by atoms with van der Waals surface area (Å²) in [6.45, 7) is 4.45. The van der Waals surface area contributed by atoms with Crippen molar-refractivity contribution in [3.63, 3.8) is 0 Å². The first-order valence-electron chi connectivity index (χ1n) is 6.21. The largest absolute Gasteiger partial charge is 0.480 e. The van der Waals surface area contributed by atoms with Gasteiger partial charge in [0.1, 0.15) is 6.54 Å². The molecule has 0 atom stereocenters. The number of nitrogens with zero attached hydrogens (tertiary/aromatic N) is 2. The number of hydrogen-bond donors (Lipinski definition) is 3. The topological polar surface area (TPSA) is 98.3 Å². The number of carbonyl (C=O) groups excluding carboxylic acids is 1. The minimum atomic E-state index is -1.01. The van der Waals surface area contributed by atoms with Gasteiger partial charge in [0.15, 0.2) is 0 Å². The van der Waals surface area contributed by atoms with Crippen molar-refractivity contribution in [3.8, 4) is 0 Å². The molecule has 106 valence electrons. The first-order chi connectivity index (χ1) is 8.99. The van der Waals surface area contributed by atoms with Crippen LogP contribution in [0.4, 0.5) is 4.79 Å². The summed E-state index contributed by atoms with van der Waals surface area (Å²) in [7, 11) is 0. The number of rotatable bonds is 7. The van der Waals surface area contributed by atoms with Gasteiger partial charge in [-0.3, -0.25) is 4.79 Å². The Morgan fingerprint density at radius 1 is 1.53 bits per heavy atom. The number of hydrogen-bond acceptors (Lipinski definition) is 3. The standard InChI is InChI=1S/C12H20N4O3/c1-9(2)6-16(7-11(17)18)12(19)14-4-3-10-5-13-8-15-10/h5,8-9H,3-4,6-7H2,1-2H3,(H,13,15)(H,14,19)(H,17,18). The van der Waals surface area contributed by atoms with Crippen LogP contribution < -0.4 is 5.32 Å². The van der Waals surface area contributed by atoms with Gasteiger partial charge < -0.3 is 20.3 Å². The van der Waals surface area contributed by atoms with E-state index >= 15 is 0 Å². The van der Waals surface area contributed by atoms with Gasteiger partial charge in [0.25, 0.3) is 0 Å². The first-order valence-corrected chi connectivity index (χ1v) is 6.21. The van der Waals surface area contributed by atoms with Crippen molar-refractivity contribution in [2.45, 2.75) is 20.3 Å². The molecule has 7 nitrogen and oxygen atoms in total. The average molecular weight is 268 g/mol. The van der Waals surface area contributed by atoms with E-state index < -0.39 is 5.97 Å². The Bertz CT molecular complexity index is 403. The third-order valence-corrected chi connectivity index (χ3v) is 2.42. The molecule has 1 aromatic rings. The minimum absolute atomic E-state index is 0.220. The van der Waals surface area contributed by atoms with E-state index in [1.165, 1.54) is 4.90 Å². The van der Waals surface area contributed by atoms with Gasteiger partial charge >= 0.3 is 12.0 Å². The van der Waals surface area contributed by atoms with Crippen LogP contribution in [0.3, 0.4) is 0 Å². The number of aliphatic carboxylic acids is 1. The fourth-order valence-electron chi connectivity index (χ4n) is 1.66. The summed E-state index contributed by atoms with van der Waals surface area (Å²) in [4.78, 5) is 30.7. The van der Waals surface area contributed by atoms with Gasteiger partial charge in [0.05, 0.1) is 6.33 Å². The molecule has 2 amide bonds. The number of carboxylic acid groups (broad SMARTS) is 1. The summed E-state index contributed by atoms with van der Waals surface area (Å²) in [6, 6.07) is -0.351. The normalized spacial score (nSPS) is 10.5. The number of carboxylic acids is 1. The minimum Gasteiger partial charge on any atom is -0.480 e. The molecule has 0 spiro atoms. The average Bonchev–Trinajstić information content (AvgIpc) is 2.79. The van der Waals surface area contributed by atoms with E-state index in [1.54, 1.807) is 12.5 Å². The van der Waals surface area contributed by atoms with Gasteiger partial charge in [-0.2, -0.15) is 0 Å². The van der Waals surface area contributed by atoms with E-state index in [0.717, 1.165) is 5.69 Å². The lowest BCUT2D eigenvalue weighted by atomic mass is 10.2. The van der Waals surface area contributed by atoms with E-state index in [-0.39, 0.29) is 18.5 Å². The molecule has 7 heteroatoms. The fourth-order valence-corrected chi connectivity index (χ4v) is 1.66.